The number of rotatable bonds is 7. The molecule has 24 heavy (non-hydrogen) atoms. The Balaban J connectivity index is 1.83. The van der Waals surface area contributed by atoms with Crippen molar-refractivity contribution in [3.8, 4) is 0 Å². The van der Waals surface area contributed by atoms with Crippen LogP contribution >= 0.6 is 0 Å². The minimum absolute atomic E-state index is 0.0362. The van der Waals surface area contributed by atoms with E-state index in [0.717, 1.165) is 31.5 Å². The predicted molar refractivity (Wildman–Crippen MR) is 99.8 cm³/mol. The van der Waals surface area contributed by atoms with Gasteiger partial charge in [-0.15, -0.1) is 0 Å². The monoisotopic (exact) mass is 331 g/mol. The maximum atomic E-state index is 12.3. The Bertz CT molecular complexity index is 540. The molecular weight excluding hydrogens is 298 g/mol. The Hall–Kier alpha value is -1.39. The average Bonchev–Trinajstić information content (AvgIpc) is 2.89. The van der Waals surface area contributed by atoms with Gasteiger partial charge in [0.25, 0.3) is 0 Å². The zero-order valence-corrected chi connectivity index (χ0v) is 15.6. The van der Waals surface area contributed by atoms with E-state index in [1.165, 1.54) is 5.56 Å². The number of likely N-dealkylation sites (tertiary alicyclic amines) is 1. The summed E-state index contributed by atoms with van der Waals surface area (Å²) in [7, 11) is 0. The highest BCUT2D eigenvalue weighted by atomic mass is 16.2. The lowest BCUT2D eigenvalue weighted by Crippen LogP contribution is -2.39. The SMILES string of the molecule is CC(C)Cc1ccc(C(C)NC(=O)CN2CCC(C)(CN)C2)cc1. The van der Waals surface area contributed by atoms with Crippen molar-refractivity contribution in [2.75, 3.05) is 26.2 Å². The van der Waals surface area contributed by atoms with Gasteiger partial charge in [-0.2, -0.15) is 0 Å². The molecule has 0 aliphatic carbocycles. The Labute approximate surface area is 146 Å². The Morgan fingerprint density at radius 3 is 2.50 bits per heavy atom. The molecule has 3 N–H and O–H groups in total. The molecule has 2 rings (SSSR count). The van der Waals surface area contributed by atoms with E-state index in [0.29, 0.717) is 19.0 Å². The number of carbonyl (C=O) groups is 1. The Morgan fingerprint density at radius 2 is 1.96 bits per heavy atom. The second-order valence-electron chi connectivity index (χ2n) is 8.10. The second kappa shape index (κ2) is 8.13. The molecule has 2 unspecified atom stereocenters. The van der Waals surface area contributed by atoms with E-state index in [-0.39, 0.29) is 17.4 Å². The van der Waals surface area contributed by atoms with Gasteiger partial charge in [-0.25, -0.2) is 0 Å². The van der Waals surface area contributed by atoms with Crippen LogP contribution in [0.5, 0.6) is 0 Å². The van der Waals surface area contributed by atoms with Crippen LogP contribution < -0.4 is 11.1 Å². The first-order chi connectivity index (χ1) is 11.3. The smallest absolute Gasteiger partial charge is 0.234 e. The van der Waals surface area contributed by atoms with E-state index >= 15 is 0 Å². The molecule has 1 aromatic carbocycles. The van der Waals surface area contributed by atoms with Gasteiger partial charge in [0.05, 0.1) is 12.6 Å². The normalized spacial score (nSPS) is 22.8. The van der Waals surface area contributed by atoms with Gasteiger partial charge in [0.15, 0.2) is 0 Å². The highest BCUT2D eigenvalue weighted by molar-refractivity contribution is 5.78. The molecule has 4 nitrogen and oxygen atoms in total. The van der Waals surface area contributed by atoms with Gasteiger partial charge in [0.2, 0.25) is 5.91 Å². The van der Waals surface area contributed by atoms with Gasteiger partial charge in [0, 0.05) is 6.54 Å². The van der Waals surface area contributed by atoms with Crippen molar-refractivity contribution in [1.29, 1.82) is 0 Å². The molecule has 1 aliphatic rings. The molecule has 2 atom stereocenters. The van der Waals surface area contributed by atoms with Gasteiger partial charge in [-0.05, 0) is 55.3 Å². The van der Waals surface area contributed by atoms with Crippen molar-refractivity contribution in [3.63, 3.8) is 0 Å². The van der Waals surface area contributed by atoms with Crippen LogP contribution in [-0.2, 0) is 11.2 Å². The first-order valence-electron chi connectivity index (χ1n) is 9.12. The summed E-state index contributed by atoms with van der Waals surface area (Å²) in [5.41, 5.74) is 8.51. The molecule has 0 bridgehead atoms. The second-order valence-corrected chi connectivity index (χ2v) is 8.10. The van der Waals surface area contributed by atoms with Crippen molar-refractivity contribution in [2.45, 2.75) is 46.6 Å². The molecule has 0 radical (unpaired) electrons. The van der Waals surface area contributed by atoms with Crippen molar-refractivity contribution >= 4 is 5.91 Å². The largest absolute Gasteiger partial charge is 0.348 e. The number of carbonyl (C=O) groups excluding carboxylic acids is 1. The third kappa shape index (κ3) is 5.32. The topological polar surface area (TPSA) is 58.4 Å². The standard InChI is InChI=1S/C20H33N3O/c1-15(2)11-17-5-7-18(8-6-17)16(3)22-19(24)12-23-10-9-20(4,13-21)14-23/h5-8,15-16H,9-14,21H2,1-4H3,(H,22,24). The van der Waals surface area contributed by atoms with E-state index in [9.17, 15) is 4.79 Å². The molecule has 134 valence electrons. The molecule has 0 saturated carbocycles. The van der Waals surface area contributed by atoms with Crippen LogP contribution in [0.1, 0.15) is 51.3 Å². The van der Waals surface area contributed by atoms with E-state index < -0.39 is 0 Å². The third-order valence-electron chi connectivity index (χ3n) is 5.00. The van der Waals surface area contributed by atoms with E-state index in [1.54, 1.807) is 0 Å². The number of benzene rings is 1. The summed E-state index contributed by atoms with van der Waals surface area (Å²) in [4.78, 5) is 14.5. The maximum Gasteiger partial charge on any atom is 0.234 e. The van der Waals surface area contributed by atoms with E-state index in [4.69, 9.17) is 5.73 Å². The molecule has 1 aliphatic heterocycles. The molecule has 1 heterocycles. The highest BCUT2D eigenvalue weighted by Crippen LogP contribution is 2.28. The first-order valence-corrected chi connectivity index (χ1v) is 9.12. The van der Waals surface area contributed by atoms with Crippen LogP contribution in [0.4, 0.5) is 0 Å². The van der Waals surface area contributed by atoms with Crippen molar-refractivity contribution in [1.82, 2.24) is 10.2 Å². The van der Waals surface area contributed by atoms with Crippen LogP contribution in [0, 0.1) is 11.3 Å². The fourth-order valence-electron chi connectivity index (χ4n) is 3.41. The summed E-state index contributed by atoms with van der Waals surface area (Å²) in [6, 6.07) is 8.64. The van der Waals surface area contributed by atoms with Crippen LogP contribution in [0.2, 0.25) is 0 Å². The lowest BCUT2D eigenvalue weighted by Gasteiger charge is -2.23. The van der Waals surface area contributed by atoms with Gasteiger partial charge in [0.1, 0.15) is 0 Å². The Kier molecular flexibility index (Phi) is 6.41. The van der Waals surface area contributed by atoms with Gasteiger partial charge < -0.3 is 11.1 Å². The van der Waals surface area contributed by atoms with Gasteiger partial charge in [-0.1, -0.05) is 45.0 Å². The lowest BCUT2D eigenvalue weighted by atomic mass is 9.90. The summed E-state index contributed by atoms with van der Waals surface area (Å²) in [5, 5.41) is 3.12. The molecule has 0 aromatic heterocycles. The van der Waals surface area contributed by atoms with Crippen LogP contribution in [-0.4, -0.2) is 37.0 Å². The molecule has 0 spiro atoms. The zero-order chi connectivity index (χ0) is 17.7. The van der Waals surface area contributed by atoms with Crippen LogP contribution in [0.25, 0.3) is 0 Å². The summed E-state index contributed by atoms with van der Waals surface area (Å²) >= 11 is 0. The summed E-state index contributed by atoms with van der Waals surface area (Å²) in [5.74, 6) is 0.752. The molecule has 1 saturated heterocycles. The quantitative estimate of drug-likeness (QED) is 0.808. The number of nitrogens with one attached hydrogen (secondary N) is 1. The fourth-order valence-corrected chi connectivity index (χ4v) is 3.41. The van der Waals surface area contributed by atoms with Crippen molar-refractivity contribution in [3.05, 3.63) is 35.4 Å². The minimum Gasteiger partial charge on any atom is -0.348 e. The Morgan fingerprint density at radius 1 is 1.29 bits per heavy atom. The van der Waals surface area contributed by atoms with E-state index in [2.05, 4.69) is 55.3 Å². The molecule has 1 amide bonds. The van der Waals surface area contributed by atoms with Crippen LogP contribution in [0.15, 0.2) is 24.3 Å². The highest BCUT2D eigenvalue weighted by Gasteiger charge is 2.33. The maximum absolute atomic E-state index is 12.3. The molecule has 4 heteroatoms. The van der Waals surface area contributed by atoms with Gasteiger partial charge in [-0.3, -0.25) is 9.69 Å². The summed E-state index contributed by atoms with van der Waals surface area (Å²) < 4.78 is 0. The number of amides is 1. The van der Waals surface area contributed by atoms with E-state index in [1.807, 2.05) is 6.92 Å². The fraction of sp³-hybridized carbons (Fsp3) is 0.650. The van der Waals surface area contributed by atoms with Crippen molar-refractivity contribution in [2.24, 2.45) is 17.1 Å². The molecule has 1 aromatic rings. The first kappa shape index (κ1) is 18.9. The average molecular weight is 332 g/mol. The van der Waals surface area contributed by atoms with Gasteiger partial charge >= 0.3 is 0 Å². The molecule has 1 fully saturated rings. The summed E-state index contributed by atoms with van der Waals surface area (Å²) in [6.45, 7) is 11.7. The number of nitrogens with zero attached hydrogens (tertiary/aromatic N) is 1. The zero-order valence-electron chi connectivity index (χ0n) is 15.6. The minimum atomic E-state index is 0.0362. The van der Waals surface area contributed by atoms with Crippen molar-refractivity contribution < 1.29 is 4.79 Å². The molecular formula is C20H33N3O. The van der Waals surface area contributed by atoms with Crippen LogP contribution in [0.3, 0.4) is 0 Å². The lowest BCUT2D eigenvalue weighted by molar-refractivity contribution is -0.122. The summed E-state index contributed by atoms with van der Waals surface area (Å²) in [6.07, 6.45) is 2.17. The number of hydrogen-bond donors (Lipinski definition) is 2. The number of nitrogens with two attached hydrogens (primary N) is 1. The number of hydrogen-bond acceptors (Lipinski definition) is 3. The predicted octanol–water partition coefficient (Wildman–Crippen LogP) is 2.73. The third-order valence-corrected chi connectivity index (χ3v) is 5.00.